The van der Waals surface area contributed by atoms with Crippen molar-refractivity contribution in [2.75, 3.05) is 0 Å². The summed E-state index contributed by atoms with van der Waals surface area (Å²) >= 11 is -0.139. The Morgan fingerprint density at radius 1 is 1.14 bits per heavy atom. The molecular weight excluding hydrogens is 292 g/mol. The second-order valence-electron chi connectivity index (χ2n) is 6.06. The summed E-state index contributed by atoms with van der Waals surface area (Å²) in [5.74, 6) is 6.15. The number of nitrogens with zero attached hydrogens (tertiary/aromatic N) is 2. The quantitative estimate of drug-likeness (QED) is 0.641. The smallest absolute Gasteiger partial charge is 0.320 e. The maximum absolute atomic E-state index is 12.9. The number of aryl methyl sites for hydroxylation is 2. The van der Waals surface area contributed by atoms with Crippen LogP contribution in [-0.2, 0) is 19.1 Å². The molecule has 2 heterocycles. The molecule has 2 aromatic rings. The van der Waals surface area contributed by atoms with Gasteiger partial charge in [0, 0.05) is 6.54 Å². The number of hydrogen-bond donors (Lipinski definition) is 0. The molecule has 1 aromatic heterocycles. The highest BCUT2D eigenvalue weighted by atomic mass is 27.2. The van der Waals surface area contributed by atoms with Gasteiger partial charge in [-0.05, 0) is 30.9 Å². The maximum atomic E-state index is 12.9. The SMILES string of the molecule is FC(F)(F)c1nc2cccc3c2n1CCCC3.[CH3][Al]([CH3])[CH3]. The predicted molar refractivity (Wildman–Crippen MR) is 81.0 cm³/mol. The van der Waals surface area contributed by atoms with Gasteiger partial charge in [0.05, 0.1) is 11.0 Å². The zero-order valence-electron chi connectivity index (χ0n) is 12.7. The van der Waals surface area contributed by atoms with Crippen molar-refractivity contribution in [2.45, 2.75) is 49.3 Å². The minimum Gasteiger partial charge on any atom is -0.320 e. The minimum absolute atomic E-state index is 0.139. The van der Waals surface area contributed by atoms with Crippen LogP contribution in [0.2, 0.25) is 17.4 Å². The van der Waals surface area contributed by atoms with E-state index in [1.165, 1.54) is 4.57 Å². The Bertz CT molecular complexity index is 614. The Labute approximate surface area is 127 Å². The summed E-state index contributed by atoms with van der Waals surface area (Å²) in [4.78, 5) is 3.74. The van der Waals surface area contributed by atoms with E-state index in [9.17, 15) is 13.2 Å². The zero-order valence-corrected chi connectivity index (χ0v) is 13.8. The first-order valence-electron chi connectivity index (χ1n) is 7.36. The van der Waals surface area contributed by atoms with E-state index >= 15 is 0 Å². The fraction of sp³-hybridized carbons (Fsp3) is 0.533. The van der Waals surface area contributed by atoms with Crippen molar-refractivity contribution in [3.8, 4) is 0 Å². The molecule has 0 saturated carbocycles. The fourth-order valence-electron chi connectivity index (χ4n) is 2.48. The summed E-state index contributed by atoms with van der Waals surface area (Å²) in [5.41, 5.74) is 2.09. The molecule has 6 heteroatoms. The third kappa shape index (κ3) is 3.81. The topological polar surface area (TPSA) is 17.8 Å². The lowest BCUT2D eigenvalue weighted by molar-refractivity contribution is -0.146. The van der Waals surface area contributed by atoms with Gasteiger partial charge in [-0.2, -0.15) is 13.2 Å². The lowest BCUT2D eigenvalue weighted by Gasteiger charge is -2.09. The standard InChI is InChI=1S/C12H11F3N2.3CH3.Al/c13-12(14,15)11-16-9-6-3-5-8-4-1-2-7-17(11)10(8)9;;;;/h3,5-6H,1-2,4,7H2;3*1H3;. The van der Waals surface area contributed by atoms with E-state index in [1.807, 2.05) is 6.07 Å². The van der Waals surface area contributed by atoms with Crippen LogP contribution in [0.5, 0.6) is 0 Å². The number of hydrogen-bond acceptors (Lipinski definition) is 1. The minimum atomic E-state index is -4.37. The van der Waals surface area contributed by atoms with Gasteiger partial charge in [-0.25, -0.2) is 4.98 Å². The fourth-order valence-corrected chi connectivity index (χ4v) is 2.48. The summed E-state index contributed by atoms with van der Waals surface area (Å²) in [6.45, 7) is 0.405. The lowest BCUT2D eigenvalue weighted by Crippen LogP contribution is -2.14. The van der Waals surface area contributed by atoms with Gasteiger partial charge in [0.1, 0.15) is 0 Å². The molecule has 0 fully saturated rings. The van der Waals surface area contributed by atoms with Crippen molar-refractivity contribution >= 4 is 25.2 Å². The first-order valence-corrected chi connectivity index (χ1v) is 10.8. The number of aromatic nitrogens is 2. The average Bonchev–Trinajstić information content (AvgIpc) is 2.59. The van der Waals surface area contributed by atoms with Crippen LogP contribution >= 0.6 is 0 Å². The van der Waals surface area contributed by atoms with Gasteiger partial charge in [-0.1, -0.05) is 12.1 Å². The highest BCUT2D eigenvalue weighted by molar-refractivity contribution is 6.54. The Morgan fingerprint density at radius 3 is 2.43 bits per heavy atom. The number of benzene rings is 1. The summed E-state index contributed by atoms with van der Waals surface area (Å²) in [6, 6.07) is 5.32. The van der Waals surface area contributed by atoms with Gasteiger partial charge in [-0.15, -0.1) is 17.4 Å². The van der Waals surface area contributed by atoms with Gasteiger partial charge in [-0.3, -0.25) is 0 Å². The van der Waals surface area contributed by atoms with E-state index in [0.29, 0.717) is 17.6 Å². The number of alkyl halides is 3. The van der Waals surface area contributed by atoms with Crippen LogP contribution in [-0.4, -0.2) is 23.7 Å². The molecule has 114 valence electrons. The Hall–Kier alpha value is -0.988. The van der Waals surface area contributed by atoms with Crippen LogP contribution in [0.25, 0.3) is 11.0 Å². The van der Waals surface area contributed by atoms with E-state index in [-0.39, 0.29) is 14.1 Å². The molecule has 3 rings (SSSR count). The van der Waals surface area contributed by atoms with Crippen molar-refractivity contribution in [3.63, 3.8) is 0 Å². The molecule has 1 aliphatic rings. The molecule has 0 amide bonds. The third-order valence-corrected chi connectivity index (χ3v) is 3.18. The third-order valence-electron chi connectivity index (χ3n) is 3.18. The lowest BCUT2D eigenvalue weighted by atomic mass is 10.1. The summed E-state index contributed by atoms with van der Waals surface area (Å²) in [5, 5.41) is 0. The highest BCUT2D eigenvalue weighted by Crippen LogP contribution is 2.34. The van der Waals surface area contributed by atoms with Crippen molar-refractivity contribution in [1.29, 1.82) is 0 Å². The maximum Gasteiger partial charge on any atom is 0.449 e. The molecule has 0 saturated heterocycles. The zero-order chi connectivity index (χ0) is 15.6. The molecule has 2 nitrogen and oxygen atoms in total. The average molecular weight is 312 g/mol. The largest absolute Gasteiger partial charge is 0.449 e. The van der Waals surface area contributed by atoms with Crippen molar-refractivity contribution in [3.05, 3.63) is 29.6 Å². The molecule has 21 heavy (non-hydrogen) atoms. The molecule has 0 N–H and O–H groups in total. The number of halogens is 3. The molecule has 0 bridgehead atoms. The van der Waals surface area contributed by atoms with Crippen LogP contribution in [0, 0.1) is 0 Å². The van der Waals surface area contributed by atoms with Crippen LogP contribution in [0.4, 0.5) is 13.2 Å². The van der Waals surface area contributed by atoms with E-state index in [0.717, 1.165) is 24.8 Å². The van der Waals surface area contributed by atoms with Gasteiger partial charge < -0.3 is 4.57 Å². The van der Waals surface area contributed by atoms with Gasteiger partial charge >= 0.3 is 6.18 Å². The summed E-state index contributed by atoms with van der Waals surface area (Å²) < 4.78 is 40.0. The second-order valence-corrected chi connectivity index (χ2v) is 9.52. The van der Waals surface area contributed by atoms with Gasteiger partial charge in [0.15, 0.2) is 0 Å². The Balaban J connectivity index is 0.000000361. The van der Waals surface area contributed by atoms with Crippen LogP contribution in [0.15, 0.2) is 18.2 Å². The van der Waals surface area contributed by atoms with Crippen molar-refractivity contribution in [1.82, 2.24) is 9.55 Å². The highest BCUT2D eigenvalue weighted by Gasteiger charge is 2.38. The van der Waals surface area contributed by atoms with Gasteiger partial charge in [0.2, 0.25) is 5.82 Å². The molecule has 0 radical (unpaired) electrons. The molecular formula is C15H20AlF3N2. The van der Waals surface area contributed by atoms with Crippen LogP contribution in [0.3, 0.4) is 0 Å². The van der Waals surface area contributed by atoms with E-state index in [2.05, 4.69) is 22.3 Å². The number of rotatable bonds is 0. The van der Waals surface area contributed by atoms with E-state index in [1.54, 1.807) is 12.1 Å². The monoisotopic (exact) mass is 312 g/mol. The number of para-hydroxylation sites is 1. The number of imidazole rings is 1. The molecule has 0 unspecified atom stereocenters. The Morgan fingerprint density at radius 2 is 1.81 bits per heavy atom. The van der Waals surface area contributed by atoms with Crippen LogP contribution < -0.4 is 0 Å². The molecule has 1 aromatic carbocycles. The van der Waals surface area contributed by atoms with Crippen molar-refractivity contribution in [2.24, 2.45) is 0 Å². The predicted octanol–water partition coefficient (Wildman–Crippen LogP) is 4.76. The first kappa shape index (κ1) is 16.4. The molecule has 1 aliphatic heterocycles. The van der Waals surface area contributed by atoms with E-state index in [4.69, 9.17) is 0 Å². The van der Waals surface area contributed by atoms with E-state index < -0.39 is 12.0 Å². The van der Waals surface area contributed by atoms with Crippen molar-refractivity contribution < 1.29 is 13.2 Å². The van der Waals surface area contributed by atoms with Crippen LogP contribution in [0.1, 0.15) is 24.2 Å². The van der Waals surface area contributed by atoms with Gasteiger partial charge in [0.25, 0.3) is 14.1 Å². The Kier molecular flexibility index (Phi) is 5.00. The normalized spacial score (nSPS) is 14.4. The molecule has 0 aliphatic carbocycles. The summed E-state index contributed by atoms with van der Waals surface area (Å²) in [6.07, 6.45) is -1.84. The molecule has 0 spiro atoms. The first-order chi connectivity index (χ1) is 9.80. The molecule has 0 atom stereocenters. The summed E-state index contributed by atoms with van der Waals surface area (Å²) in [7, 11) is 0. The second kappa shape index (κ2) is 6.41.